The Morgan fingerprint density at radius 3 is 2.70 bits per heavy atom. The zero-order valence-electron chi connectivity index (χ0n) is 15.0. The van der Waals surface area contributed by atoms with Crippen LogP contribution in [0.15, 0.2) is 40.6 Å². The van der Waals surface area contributed by atoms with Gasteiger partial charge in [-0.2, -0.15) is 5.10 Å². The number of sulfonamides is 1. The molecule has 0 atom stereocenters. The Morgan fingerprint density at radius 1 is 1.26 bits per heavy atom. The molecule has 0 aliphatic carbocycles. The Labute approximate surface area is 162 Å². The smallest absolute Gasteiger partial charge is 0.257 e. The topological polar surface area (TPSA) is 126 Å². The van der Waals surface area contributed by atoms with Crippen molar-refractivity contribution in [3.8, 4) is 5.75 Å². The fraction of sp³-hybridized carbons (Fsp3) is 0.438. The molecule has 11 heteroatoms. The number of unbranched alkanes of at least 4 members (excludes halogenated alkanes) is 1. The molecule has 0 bridgehead atoms. The number of rotatable bonds is 12. The van der Waals surface area contributed by atoms with Crippen LogP contribution in [0.1, 0.15) is 19.8 Å². The molecule has 1 aromatic heterocycles. The van der Waals surface area contributed by atoms with Crippen LogP contribution < -0.4 is 14.8 Å². The van der Waals surface area contributed by atoms with Gasteiger partial charge in [-0.1, -0.05) is 25.1 Å². The fourth-order valence-electron chi connectivity index (χ4n) is 1.98. The molecule has 1 aromatic carbocycles. The van der Waals surface area contributed by atoms with E-state index in [9.17, 15) is 13.2 Å². The largest absolute Gasteiger partial charge is 0.484 e. The number of hydrogen-bond acceptors (Lipinski definition) is 7. The summed E-state index contributed by atoms with van der Waals surface area (Å²) < 4.78 is 32.1. The lowest BCUT2D eigenvalue weighted by Crippen LogP contribution is -2.30. The first-order valence-corrected chi connectivity index (χ1v) is 11.0. The summed E-state index contributed by atoms with van der Waals surface area (Å²) in [5.74, 6) is 0.818. The van der Waals surface area contributed by atoms with Gasteiger partial charge in [0.25, 0.3) is 5.91 Å². The van der Waals surface area contributed by atoms with E-state index in [0.717, 1.165) is 12.8 Å². The van der Waals surface area contributed by atoms with Gasteiger partial charge in [0.05, 0.1) is 4.90 Å². The maximum atomic E-state index is 12.1. The van der Waals surface area contributed by atoms with Crippen molar-refractivity contribution in [3.05, 3.63) is 30.6 Å². The maximum Gasteiger partial charge on any atom is 0.257 e. The highest BCUT2D eigenvalue weighted by molar-refractivity contribution is 7.99. The van der Waals surface area contributed by atoms with Crippen LogP contribution in [0.2, 0.25) is 0 Å². The number of carbonyl (C=O) groups is 1. The third kappa shape index (κ3) is 7.57. The van der Waals surface area contributed by atoms with Crippen molar-refractivity contribution in [1.82, 2.24) is 25.2 Å². The van der Waals surface area contributed by atoms with E-state index < -0.39 is 10.0 Å². The number of nitrogens with zero attached hydrogens (tertiary/aromatic N) is 2. The van der Waals surface area contributed by atoms with E-state index in [2.05, 4.69) is 25.2 Å². The highest BCUT2D eigenvalue weighted by Gasteiger charge is 2.13. The first kappa shape index (κ1) is 21.2. The second kappa shape index (κ2) is 10.9. The number of H-pyrrole nitrogens is 1. The summed E-state index contributed by atoms with van der Waals surface area (Å²) >= 11 is 1.45. The standard InChI is InChI=1S/C16H23N5O4S2/c1-2-3-8-20-27(23,24)14-6-4-13(5-7-14)25-11-15(22)17-9-10-26-16-18-12-19-21-16/h4-7,12,20H,2-3,8-11H2,1H3,(H,17,22)(H,18,19,21). The average molecular weight is 414 g/mol. The number of benzene rings is 1. The molecule has 0 saturated carbocycles. The molecule has 0 radical (unpaired) electrons. The van der Waals surface area contributed by atoms with Crippen molar-refractivity contribution in [3.63, 3.8) is 0 Å². The second-order valence-electron chi connectivity index (χ2n) is 5.50. The molecule has 9 nitrogen and oxygen atoms in total. The number of amides is 1. The van der Waals surface area contributed by atoms with Gasteiger partial charge in [0.1, 0.15) is 12.1 Å². The van der Waals surface area contributed by atoms with Crippen molar-refractivity contribution in [2.75, 3.05) is 25.4 Å². The van der Waals surface area contributed by atoms with Gasteiger partial charge in [-0.15, -0.1) is 0 Å². The van der Waals surface area contributed by atoms with E-state index in [1.165, 1.54) is 42.4 Å². The number of thioether (sulfide) groups is 1. The van der Waals surface area contributed by atoms with Crippen LogP contribution in [0, 0.1) is 0 Å². The first-order valence-electron chi connectivity index (χ1n) is 8.48. The van der Waals surface area contributed by atoms with E-state index in [-0.39, 0.29) is 17.4 Å². The van der Waals surface area contributed by atoms with Crippen molar-refractivity contribution in [2.45, 2.75) is 29.8 Å². The Balaban J connectivity index is 1.70. The van der Waals surface area contributed by atoms with E-state index in [1.807, 2.05) is 6.92 Å². The number of aromatic amines is 1. The van der Waals surface area contributed by atoms with E-state index in [4.69, 9.17) is 4.74 Å². The third-order valence-electron chi connectivity index (χ3n) is 3.38. The van der Waals surface area contributed by atoms with Crippen molar-refractivity contribution in [1.29, 1.82) is 0 Å². The van der Waals surface area contributed by atoms with Gasteiger partial charge in [-0.05, 0) is 30.7 Å². The van der Waals surface area contributed by atoms with Crippen LogP contribution in [-0.2, 0) is 14.8 Å². The third-order valence-corrected chi connectivity index (χ3v) is 5.74. The van der Waals surface area contributed by atoms with Gasteiger partial charge in [-0.3, -0.25) is 9.89 Å². The molecule has 148 valence electrons. The predicted molar refractivity (Wildman–Crippen MR) is 102 cm³/mol. The number of carbonyl (C=O) groups excluding carboxylic acids is 1. The molecular formula is C16H23N5O4S2. The highest BCUT2D eigenvalue weighted by Crippen LogP contribution is 2.16. The van der Waals surface area contributed by atoms with Gasteiger partial charge in [0.15, 0.2) is 11.8 Å². The fourth-order valence-corrected chi connectivity index (χ4v) is 3.69. The van der Waals surface area contributed by atoms with Crippen LogP contribution in [0.4, 0.5) is 0 Å². The Hall–Kier alpha value is -2.11. The van der Waals surface area contributed by atoms with Gasteiger partial charge in [0, 0.05) is 18.8 Å². The molecule has 1 amide bonds. The van der Waals surface area contributed by atoms with Gasteiger partial charge < -0.3 is 10.1 Å². The van der Waals surface area contributed by atoms with E-state index in [1.54, 1.807) is 0 Å². The van der Waals surface area contributed by atoms with Crippen LogP contribution in [0.25, 0.3) is 0 Å². The molecule has 0 aliphatic rings. The molecule has 1 heterocycles. The minimum atomic E-state index is -3.51. The monoisotopic (exact) mass is 413 g/mol. The lowest BCUT2D eigenvalue weighted by atomic mass is 10.3. The van der Waals surface area contributed by atoms with Crippen LogP contribution in [0.3, 0.4) is 0 Å². The van der Waals surface area contributed by atoms with Gasteiger partial charge >= 0.3 is 0 Å². The quantitative estimate of drug-likeness (QED) is 0.352. The molecule has 0 saturated heterocycles. The van der Waals surface area contributed by atoms with E-state index >= 15 is 0 Å². The Bertz CT molecular complexity index is 795. The number of nitrogens with one attached hydrogen (secondary N) is 3. The summed E-state index contributed by atoms with van der Waals surface area (Å²) in [6, 6.07) is 5.97. The Kier molecular flexibility index (Phi) is 8.55. The van der Waals surface area contributed by atoms with E-state index in [0.29, 0.717) is 29.7 Å². The SMILES string of the molecule is CCCCNS(=O)(=O)c1ccc(OCC(=O)NCCSc2ncn[nH]2)cc1. The molecule has 27 heavy (non-hydrogen) atoms. The highest BCUT2D eigenvalue weighted by atomic mass is 32.2. The van der Waals surface area contributed by atoms with Crippen LogP contribution in [-0.4, -0.2) is 55.0 Å². The summed E-state index contributed by atoms with van der Waals surface area (Å²) in [6.45, 7) is 2.72. The lowest BCUT2D eigenvalue weighted by molar-refractivity contribution is -0.122. The maximum absolute atomic E-state index is 12.1. The summed E-state index contributed by atoms with van der Waals surface area (Å²) in [6.07, 6.45) is 3.12. The Morgan fingerprint density at radius 2 is 2.04 bits per heavy atom. The summed E-state index contributed by atoms with van der Waals surface area (Å²) in [5, 5.41) is 9.87. The second-order valence-corrected chi connectivity index (χ2v) is 8.35. The zero-order chi connectivity index (χ0) is 19.5. The first-order chi connectivity index (χ1) is 13.0. The van der Waals surface area contributed by atoms with Gasteiger partial charge in [-0.25, -0.2) is 18.1 Å². The average Bonchev–Trinajstić information content (AvgIpc) is 3.17. The molecule has 2 rings (SSSR count). The van der Waals surface area contributed by atoms with Crippen molar-refractivity contribution >= 4 is 27.7 Å². The molecular weight excluding hydrogens is 390 g/mol. The molecule has 0 fully saturated rings. The normalized spacial score (nSPS) is 11.3. The summed E-state index contributed by atoms with van der Waals surface area (Å²) in [7, 11) is -3.51. The van der Waals surface area contributed by atoms with Crippen molar-refractivity contribution < 1.29 is 17.9 Å². The van der Waals surface area contributed by atoms with Crippen molar-refractivity contribution in [2.24, 2.45) is 0 Å². The number of ether oxygens (including phenoxy) is 1. The zero-order valence-corrected chi connectivity index (χ0v) is 16.6. The van der Waals surface area contributed by atoms with Crippen LogP contribution >= 0.6 is 11.8 Å². The molecule has 2 aromatic rings. The van der Waals surface area contributed by atoms with Gasteiger partial charge in [0.2, 0.25) is 10.0 Å². The predicted octanol–water partition coefficient (Wildman–Crippen LogP) is 1.17. The minimum Gasteiger partial charge on any atom is -0.484 e. The number of aromatic nitrogens is 3. The summed E-state index contributed by atoms with van der Waals surface area (Å²) in [4.78, 5) is 15.9. The molecule has 0 spiro atoms. The summed E-state index contributed by atoms with van der Waals surface area (Å²) in [5.41, 5.74) is 0. The molecule has 0 aliphatic heterocycles. The molecule has 0 unspecified atom stereocenters. The minimum absolute atomic E-state index is 0.145. The molecule has 3 N–H and O–H groups in total. The van der Waals surface area contributed by atoms with Crippen LogP contribution in [0.5, 0.6) is 5.75 Å². The lowest BCUT2D eigenvalue weighted by Gasteiger charge is -2.09. The number of hydrogen-bond donors (Lipinski definition) is 3.